The number of hydrogen-bond donors (Lipinski definition) is 2. The Balaban J connectivity index is 1.03. The number of piperidine rings is 1. The Morgan fingerprint density at radius 3 is 2.33 bits per heavy atom. The lowest BCUT2D eigenvalue weighted by Crippen LogP contribution is -2.46. The fraction of sp³-hybridized carbons (Fsp3) is 0.342. The minimum Gasteiger partial charge on any atom is -0.308 e. The minimum atomic E-state index is -3.69. The molecule has 0 saturated carbocycles. The highest BCUT2D eigenvalue weighted by Crippen LogP contribution is 2.44. The summed E-state index contributed by atoms with van der Waals surface area (Å²) in [5, 5.41) is 11.7. The first-order chi connectivity index (χ1) is 23.0. The quantitative estimate of drug-likeness (QED) is 0.185. The number of amides is 2. The number of pyridine rings is 1. The van der Waals surface area contributed by atoms with Gasteiger partial charge in [0.2, 0.25) is 10.0 Å². The Kier molecular flexibility index (Phi) is 8.33. The van der Waals surface area contributed by atoms with E-state index in [0.29, 0.717) is 27.8 Å². The van der Waals surface area contributed by atoms with E-state index in [1.807, 2.05) is 73.7 Å². The molecule has 7 rings (SSSR count). The SMILES string of the molecule is Cc1ccc(-n2nc(C(C)(C)C)cc2NC(=O)Nc2cccc(CC3CC4CCC(C3)N4S(=O)(=O)c3cccc4cccnc34)c2)cc1. The number of rotatable bonds is 7. The van der Waals surface area contributed by atoms with Gasteiger partial charge in [0.15, 0.2) is 0 Å². The van der Waals surface area contributed by atoms with Crippen LogP contribution >= 0.6 is 0 Å². The predicted molar refractivity (Wildman–Crippen MR) is 190 cm³/mol. The van der Waals surface area contributed by atoms with Crippen LogP contribution in [0.3, 0.4) is 0 Å². The van der Waals surface area contributed by atoms with Crippen molar-refractivity contribution in [1.82, 2.24) is 19.1 Å². The molecule has 3 aromatic carbocycles. The number of urea groups is 1. The number of para-hydroxylation sites is 1. The second-order valence-electron chi connectivity index (χ2n) is 14.3. The lowest BCUT2D eigenvalue weighted by Gasteiger charge is -2.38. The fourth-order valence-corrected chi connectivity index (χ4v) is 9.37. The molecule has 10 heteroatoms. The maximum atomic E-state index is 14.0. The van der Waals surface area contributed by atoms with Crippen LogP contribution in [-0.4, -0.2) is 45.6 Å². The average molecular weight is 663 g/mol. The van der Waals surface area contributed by atoms with E-state index in [9.17, 15) is 13.2 Å². The maximum absolute atomic E-state index is 14.0. The Morgan fingerprint density at radius 2 is 1.60 bits per heavy atom. The van der Waals surface area contributed by atoms with Crippen molar-refractivity contribution in [3.8, 4) is 5.69 Å². The number of aromatic nitrogens is 3. The van der Waals surface area contributed by atoms with Crippen LogP contribution in [-0.2, 0) is 21.9 Å². The number of nitrogens with one attached hydrogen (secondary N) is 2. The molecule has 2 unspecified atom stereocenters. The third-order valence-electron chi connectivity index (χ3n) is 9.62. The Bertz CT molecular complexity index is 2060. The first-order valence-corrected chi connectivity index (χ1v) is 18.1. The second-order valence-corrected chi connectivity index (χ2v) is 16.1. The van der Waals surface area contributed by atoms with Crippen LogP contribution < -0.4 is 10.6 Å². The molecule has 0 spiro atoms. The van der Waals surface area contributed by atoms with E-state index in [-0.39, 0.29) is 23.5 Å². The standard InChI is InChI=1S/C38H42N6O3S/c1-25-13-15-30(16-14-25)43-35(24-34(42-43)38(2,3)4)41-37(45)40-29-11-5-8-26(21-29)20-27-22-31-17-18-32(23-27)44(31)48(46,47)33-12-6-9-28-10-7-19-39-36(28)33/h5-16,19,21,24,27,31-32H,17-18,20,22-23H2,1-4H3,(H2,40,41,45). The van der Waals surface area contributed by atoms with Crippen LogP contribution in [0.15, 0.2) is 96.0 Å². The highest BCUT2D eigenvalue weighted by molar-refractivity contribution is 7.89. The van der Waals surface area contributed by atoms with Crippen molar-refractivity contribution in [1.29, 1.82) is 0 Å². The molecule has 2 atom stereocenters. The number of sulfonamides is 1. The molecule has 2 saturated heterocycles. The zero-order valence-corrected chi connectivity index (χ0v) is 28.7. The summed E-state index contributed by atoms with van der Waals surface area (Å²) in [6, 6.07) is 26.6. The van der Waals surface area contributed by atoms with Crippen LogP contribution in [0.4, 0.5) is 16.3 Å². The molecule has 2 N–H and O–H groups in total. The second kappa shape index (κ2) is 12.5. The number of carbonyl (C=O) groups excluding carboxylic acids is 1. The lowest BCUT2D eigenvalue weighted by atomic mass is 9.87. The van der Waals surface area contributed by atoms with E-state index in [2.05, 4.69) is 42.5 Å². The van der Waals surface area contributed by atoms with Gasteiger partial charge in [0.05, 0.1) is 16.9 Å². The molecule has 48 heavy (non-hydrogen) atoms. The number of carbonyl (C=O) groups is 1. The normalized spacial score (nSPS) is 19.8. The Labute approximate surface area is 282 Å². The molecular weight excluding hydrogens is 621 g/mol. The van der Waals surface area contributed by atoms with E-state index in [1.165, 1.54) is 0 Å². The summed E-state index contributed by atoms with van der Waals surface area (Å²) in [5.74, 6) is 0.942. The molecule has 2 bridgehead atoms. The van der Waals surface area contributed by atoms with Gasteiger partial charge in [0.1, 0.15) is 10.7 Å². The summed E-state index contributed by atoms with van der Waals surface area (Å²) < 4.78 is 31.6. The molecular formula is C38H42N6O3S. The Hall–Kier alpha value is -4.54. The van der Waals surface area contributed by atoms with Crippen molar-refractivity contribution in [3.63, 3.8) is 0 Å². The van der Waals surface area contributed by atoms with Gasteiger partial charge in [-0.05, 0) is 86.9 Å². The lowest BCUT2D eigenvalue weighted by molar-refractivity contribution is 0.190. The molecule has 2 amide bonds. The first-order valence-electron chi connectivity index (χ1n) is 16.7. The van der Waals surface area contributed by atoms with Gasteiger partial charge < -0.3 is 5.32 Å². The molecule has 9 nitrogen and oxygen atoms in total. The van der Waals surface area contributed by atoms with E-state index < -0.39 is 10.0 Å². The van der Waals surface area contributed by atoms with Crippen molar-refractivity contribution >= 4 is 38.5 Å². The molecule has 248 valence electrons. The number of anilines is 2. The smallest absolute Gasteiger partial charge is 0.308 e. The number of nitrogens with zero attached hydrogens (tertiary/aromatic N) is 4. The van der Waals surface area contributed by atoms with E-state index in [0.717, 1.165) is 60.0 Å². The minimum absolute atomic E-state index is 0.0267. The molecule has 2 aromatic heterocycles. The topological polar surface area (TPSA) is 109 Å². The molecule has 4 heterocycles. The molecule has 2 aliphatic rings. The van der Waals surface area contributed by atoms with Gasteiger partial charge in [-0.15, -0.1) is 0 Å². The largest absolute Gasteiger partial charge is 0.324 e. The summed E-state index contributed by atoms with van der Waals surface area (Å²) >= 11 is 0. The summed E-state index contributed by atoms with van der Waals surface area (Å²) in [7, 11) is -3.69. The number of aryl methyl sites for hydroxylation is 1. The van der Waals surface area contributed by atoms with Crippen molar-refractivity contribution in [2.75, 3.05) is 10.6 Å². The molecule has 5 aromatic rings. The van der Waals surface area contributed by atoms with Gasteiger partial charge in [0, 0.05) is 40.8 Å². The number of fused-ring (bicyclic) bond motifs is 3. The van der Waals surface area contributed by atoms with Gasteiger partial charge in [-0.2, -0.15) is 9.40 Å². The molecule has 2 aliphatic heterocycles. The van der Waals surface area contributed by atoms with Crippen molar-refractivity contribution in [3.05, 3.63) is 108 Å². The van der Waals surface area contributed by atoms with Crippen LogP contribution in [0.1, 0.15) is 63.3 Å². The van der Waals surface area contributed by atoms with Gasteiger partial charge >= 0.3 is 6.03 Å². The van der Waals surface area contributed by atoms with Crippen LogP contribution in [0.2, 0.25) is 0 Å². The van der Waals surface area contributed by atoms with Crippen LogP contribution in [0.5, 0.6) is 0 Å². The third kappa shape index (κ3) is 6.34. The van der Waals surface area contributed by atoms with Gasteiger partial charge in [-0.1, -0.05) is 68.8 Å². The third-order valence-corrected chi connectivity index (χ3v) is 11.7. The molecule has 2 fully saturated rings. The number of hydrogen-bond acceptors (Lipinski definition) is 5. The van der Waals surface area contributed by atoms with E-state index >= 15 is 0 Å². The summed E-state index contributed by atoms with van der Waals surface area (Å²) in [6.45, 7) is 8.33. The van der Waals surface area contributed by atoms with Crippen LogP contribution in [0, 0.1) is 12.8 Å². The molecule has 0 radical (unpaired) electrons. The highest BCUT2D eigenvalue weighted by Gasteiger charge is 2.47. The van der Waals surface area contributed by atoms with Crippen molar-refractivity contribution in [2.24, 2.45) is 5.92 Å². The zero-order valence-electron chi connectivity index (χ0n) is 27.8. The highest BCUT2D eigenvalue weighted by atomic mass is 32.2. The maximum Gasteiger partial charge on any atom is 0.324 e. The van der Waals surface area contributed by atoms with Gasteiger partial charge in [-0.3, -0.25) is 10.3 Å². The zero-order chi connectivity index (χ0) is 33.6. The van der Waals surface area contributed by atoms with Crippen molar-refractivity contribution < 1.29 is 13.2 Å². The number of benzene rings is 3. The van der Waals surface area contributed by atoms with E-state index in [1.54, 1.807) is 27.3 Å². The monoisotopic (exact) mass is 662 g/mol. The predicted octanol–water partition coefficient (Wildman–Crippen LogP) is 7.84. The first kappa shape index (κ1) is 32.0. The summed E-state index contributed by atoms with van der Waals surface area (Å²) in [6.07, 6.45) is 5.84. The van der Waals surface area contributed by atoms with Gasteiger partial charge in [0.25, 0.3) is 0 Å². The van der Waals surface area contributed by atoms with Crippen molar-refractivity contribution in [2.45, 2.75) is 82.2 Å². The van der Waals surface area contributed by atoms with Crippen LogP contribution in [0.25, 0.3) is 16.6 Å². The fourth-order valence-electron chi connectivity index (χ4n) is 7.31. The summed E-state index contributed by atoms with van der Waals surface area (Å²) in [4.78, 5) is 18.0. The Morgan fingerprint density at radius 1 is 0.896 bits per heavy atom. The summed E-state index contributed by atoms with van der Waals surface area (Å²) in [5.41, 5.74) is 5.06. The van der Waals surface area contributed by atoms with Gasteiger partial charge in [-0.25, -0.2) is 17.9 Å². The average Bonchev–Trinajstić information content (AvgIpc) is 3.60. The molecule has 0 aliphatic carbocycles. The van der Waals surface area contributed by atoms with E-state index in [4.69, 9.17) is 5.10 Å².